The molecule has 2 amide bonds. The minimum atomic E-state index is -0.555. The van der Waals surface area contributed by atoms with Crippen LogP contribution < -0.4 is 15.4 Å². The van der Waals surface area contributed by atoms with E-state index in [9.17, 15) is 9.59 Å². The molecule has 28 heavy (non-hydrogen) atoms. The maximum atomic E-state index is 12.6. The van der Waals surface area contributed by atoms with Gasteiger partial charge in [-0.3, -0.25) is 9.59 Å². The number of benzene rings is 1. The minimum Gasteiger partial charge on any atom is -0.494 e. The number of carbonyl (C=O) groups is 2. The molecule has 1 aromatic rings. The topological polar surface area (TPSA) is 70.7 Å². The van der Waals surface area contributed by atoms with E-state index in [4.69, 9.17) is 4.74 Å². The summed E-state index contributed by atoms with van der Waals surface area (Å²) in [7, 11) is 0. The van der Waals surface area contributed by atoms with Crippen molar-refractivity contribution in [3.8, 4) is 5.75 Å². The Bertz CT molecular complexity index is 622. The smallest absolute Gasteiger partial charge is 0.251 e. The lowest BCUT2D eigenvalue weighted by Crippen LogP contribution is -2.51. The molecule has 0 bridgehead atoms. The molecule has 1 unspecified atom stereocenters. The van der Waals surface area contributed by atoms with E-state index >= 15 is 0 Å². The fourth-order valence-electron chi connectivity index (χ4n) is 3.36. The fraction of sp³-hybridized carbons (Fsp3) is 0.636. The van der Waals surface area contributed by atoms with Gasteiger partial charge in [0.15, 0.2) is 0 Å². The fourth-order valence-corrected chi connectivity index (χ4v) is 3.36. The average Bonchev–Trinajstić information content (AvgIpc) is 2.68. The monoisotopic (exact) mass is 389 g/mol. The summed E-state index contributed by atoms with van der Waals surface area (Å²) in [5.74, 6) is 1.15. The number of likely N-dealkylation sites (tertiary alicyclic amines) is 1. The second-order valence-corrected chi connectivity index (χ2v) is 7.97. The summed E-state index contributed by atoms with van der Waals surface area (Å²) in [4.78, 5) is 27.6. The largest absolute Gasteiger partial charge is 0.494 e. The Morgan fingerprint density at radius 3 is 2.39 bits per heavy atom. The van der Waals surface area contributed by atoms with E-state index in [-0.39, 0.29) is 17.7 Å². The molecule has 0 radical (unpaired) electrons. The molecule has 156 valence electrons. The molecule has 2 N–H and O–H groups in total. The minimum absolute atomic E-state index is 0.00230. The average molecular weight is 390 g/mol. The molecule has 6 heteroatoms. The molecule has 1 atom stereocenters. The molecule has 1 saturated heterocycles. The summed E-state index contributed by atoms with van der Waals surface area (Å²) in [6.07, 6.45) is 2.45. The lowest BCUT2D eigenvalue weighted by molar-refractivity contribution is -0.124. The lowest BCUT2D eigenvalue weighted by Gasteiger charge is -2.30. The van der Waals surface area contributed by atoms with Crippen LogP contribution in [-0.2, 0) is 4.79 Å². The Morgan fingerprint density at radius 1 is 1.18 bits per heavy atom. The Labute approximate surface area is 169 Å². The van der Waals surface area contributed by atoms with Crippen LogP contribution in [0.5, 0.6) is 5.75 Å². The van der Waals surface area contributed by atoms with Crippen molar-refractivity contribution < 1.29 is 14.3 Å². The third-order valence-electron chi connectivity index (χ3n) is 5.27. The van der Waals surface area contributed by atoms with Gasteiger partial charge >= 0.3 is 0 Å². The first kappa shape index (κ1) is 22.2. The molecule has 1 fully saturated rings. The van der Waals surface area contributed by atoms with Gasteiger partial charge in [0.1, 0.15) is 11.8 Å². The molecule has 0 aromatic heterocycles. The Morgan fingerprint density at radius 2 is 1.82 bits per heavy atom. The number of rotatable bonds is 9. The number of hydrogen-bond donors (Lipinski definition) is 2. The Balaban J connectivity index is 1.83. The van der Waals surface area contributed by atoms with E-state index in [0.717, 1.165) is 31.3 Å². The first-order valence-corrected chi connectivity index (χ1v) is 10.4. The standard InChI is InChI=1S/C22H35N3O3/c1-5-28-19-8-6-18(7-9-19)21(26)24-20(16(2)3)22(27)23-12-15-25-13-10-17(4)11-14-25/h6-9,16-17,20H,5,10-15H2,1-4H3,(H,23,27)(H,24,26). The third kappa shape index (κ3) is 6.82. The molecule has 0 aliphatic carbocycles. The molecular formula is C22H35N3O3. The molecular weight excluding hydrogens is 354 g/mol. The van der Waals surface area contributed by atoms with Crippen molar-refractivity contribution in [2.24, 2.45) is 11.8 Å². The number of nitrogens with one attached hydrogen (secondary N) is 2. The molecule has 1 heterocycles. The Kier molecular flexibility index (Phi) is 8.77. The summed E-state index contributed by atoms with van der Waals surface area (Å²) in [5.41, 5.74) is 0.518. The molecule has 0 saturated carbocycles. The van der Waals surface area contributed by atoms with Crippen molar-refractivity contribution >= 4 is 11.8 Å². The maximum Gasteiger partial charge on any atom is 0.251 e. The van der Waals surface area contributed by atoms with Gasteiger partial charge in [-0.05, 0) is 69.0 Å². The van der Waals surface area contributed by atoms with Crippen LogP contribution >= 0.6 is 0 Å². The summed E-state index contributed by atoms with van der Waals surface area (Å²) >= 11 is 0. The van der Waals surface area contributed by atoms with Crippen LogP contribution in [0.15, 0.2) is 24.3 Å². The van der Waals surface area contributed by atoms with Crippen LogP contribution in [0.2, 0.25) is 0 Å². The lowest BCUT2D eigenvalue weighted by atomic mass is 9.99. The van der Waals surface area contributed by atoms with Crippen molar-refractivity contribution in [1.29, 1.82) is 0 Å². The summed E-state index contributed by atoms with van der Waals surface area (Å²) < 4.78 is 5.40. The first-order valence-electron chi connectivity index (χ1n) is 10.4. The highest BCUT2D eigenvalue weighted by Gasteiger charge is 2.25. The van der Waals surface area contributed by atoms with Crippen molar-refractivity contribution in [3.05, 3.63) is 29.8 Å². The number of amides is 2. The van der Waals surface area contributed by atoms with Crippen molar-refractivity contribution in [1.82, 2.24) is 15.5 Å². The van der Waals surface area contributed by atoms with Gasteiger partial charge < -0.3 is 20.3 Å². The molecule has 2 rings (SSSR count). The van der Waals surface area contributed by atoms with E-state index in [1.54, 1.807) is 24.3 Å². The highest BCUT2D eigenvalue weighted by Crippen LogP contribution is 2.15. The molecule has 0 spiro atoms. The van der Waals surface area contributed by atoms with Gasteiger partial charge in [-0.15, -0.1) is 0 Å². The highest BCUT2D eigenvalue weighted by atomic mass is 16.5. The highest BCUT2D eigenvalue weighted by molar-refractivity contribution is 5.97. The number of carbonyl (C=O) groups excluding carboxylic acids is 2. The van der Waals surface area contributed by atoms with Crippen LogP contribution in [-0.4, -0.2) is 55.5 Å². The van der Waals surface area contributed by atoms with Gasteiger partial charge in [-0.25, -0.2) is 0 Å². The van der Waals surface area contributed by atoms with Crippen molar-refractivity contribution in [3.63, 3.8) is 0 Å². The van der Waals surface area contributed by atoms with Crippen LogP contribution in [0.4, 0.5) is 0 Å². The van der Waals surface area contributed by atoms with Crippen LogP contribution in [0.1, 0.15) is 50.9 Å². The normalized spacial score (nSPS) is 16.6. The number of piperidine rings is 1. The second kappa shape index (κ2) is 11.1. The van der Waals surface area contributed by atoms with E-state index in [1.807, 2.05) is 20.8 Å². The van der Waals surface area contributed by atoms with Gasteiger partial charge in [0.2, 0.25) is 5.91 Å². The zero-order valence-corrected chi connectivity index (χ0v) is 17.7. The summed E-state index contributed by atoms with van der Waals surface area (Å²) in [6.45, 7) is 12.3. The van der Waals surface area contributed by atoms with E-state index in [0.29, 0.717) is 18.7 Å². The van der Waals surface area contributed by atoms with Crippen molar-refractivity contribution in [2.75, 3.05) is 32.8 Å². The predicted octanol–water partition coefficient (Wildman–Crippen LogP) is 2.69. The van der Waals surface area contributed by atoms with Gasteiger partial charge in [0.25, 0.3) is 5.91 Å². The van der Waals surface area contributed by atoms with Gasteiger partial charge in [-0.2, -0.15) is 0 Å². The number of hydrogen-bond acceptors (Lipinski definition) is 4. The molecule has 6 nitrogen and oxygen atoms in total. The van der Waals surface area contributed by atoms with Crippen LogP contribution in [0.25, 0.3) is 0 Å². The third-order valence-corrected chi connectivity index (χ3v) is 5.27. The molecule has 1 aliphatic rings. The van der Waals surface area contributed by atoms with Gasteiger partial charge in [0.05, 0.1) is 6.61 Å². The second-order valence-electron chi connectivity index (χ2n) is 7.97. The number of ether oxygens (including phenoxy) is 1. The molecule has 1 aliphatic heterocycles. The zero-order chi connectivity index (χ0) is 20.5. The quantitative estimate of drug-likeness (QED) is 0.681. The molecule has 1 aromatic carbocycles. The van der Waals surface area contributed by atoms with Crippen molar-refractivity contribution in [2.45, 2.75) is 46.6 Å². The van der Waals surface area contributed by atoms with E-state index in [1.165, 1.54) is 12.8 Å². The van der Waals surface area contributed by atoms with Crippen LogP contribution in [0.3, 0.4) is 0 Å². The zero-order valence-electron chi connectivity index (χ0n) is 17.7. The number of nitrogens with zero attached hydrogens (tertiary/aromatic N) is 1. The predicted molar refractivity (Wildman–Crippen MR) is 112 cm³/mol. The van der Waals surface area contributed by atoms with E-state index in [2.05, 4.69) is 22.5 Å². The van der Waals surface area contributed by atoms with Gasteiger partial charge in [-0.1, -0.05) is 20.8 Å². The van der Waals surface area contributed by atoms with E-state index < -0.39 is 6.04 Å². The van der Waals surface area contributed by atoms with Crippen LogP contribution in [0, 0.1) is 11.8 Å². The summed E-state index contributed by atoms with van der Waals surface area (Å²) in [5, 5.41) is 5.86. The first-order chi connectivity index (χ1) is 13.4. The van der Waals surface area contributed by atoms with Gasteiger partial charge in [0, 0.05) is 18.7 Å². The Hall–Kier alpha value is -2.08. The summed E-state index contributed by atoms with van der Waals surface area (Å²) in [6, 6.07) is 6.41. The SMILES string of the molecule is CCOc1ccc(C(=O)NC(C(=O)NCCN2CCC(C)CC2)C(C)C)cc1. The maximum absolute atomic E-state index is 12.6.